The second-order valence-corrected chi connectivity index (χ2v) is 6.24. The Labute approximate surface area is 141 Å². The van der Waals surface area contributed by atoms with Gasteiger partial charge in [-0.05, 0) is 37.1 Å². The molecule has 0 aromatic heterocycles. The van der Waals surface area contributed by atoms with Crippen molar-refractivity contribution in [2.75, 3.05) is 23.6 Å². The van der Waals surface area contributed by atoms with E-state index in [2.05, 4.69) is 41.4 Å². The van der Waals surface area contributed by atoms with Gasteiger partial charge in [0.25, 0.3) is 0 Å². The van der Waals surface area contributed by atoms with Crippen molar-refractivity contribution in [3.8, 4) is 11.5 Å². The highest BCUT2D eigenvalue weighted by atomic mass is 16.7. The molecule has 1 amide bonds. The van der Waals surface area contributed by atoms with Crippen LogP contribution < -0.4 is 19.7 Å². The van der Waals surface area contributed by atoms with E-state index in [-0.39, 0.29) is 12.7 Å². The number of nitrogens with zero attached hydrogens (tertiary/aromatic N) is 1. The summed E-state index contributed by atoms with van der Waals surface area (Å²) in [5, 5.41) is 2.93. The van der Waals surface area contributed by atoms with Crippen LogP contribution in [0.1, 0.15) is 18.9 Å². The van der Waals surface area contributed by atoms with E-state index in [1.54, 1.807) is 6.07 Å². The van der Waals surface area contributed by atoms with Crippen LogP contribution in [-0.4, -0.2) is 25.3 Å². The minimum absolute atomic E-state index is 0.00504. The van der Waals surface area contributed by atoms with Gasteiger partial charge < -0.3 is 19.7 Å². The molecule has 5 heteroatoms. The summed E-state index contributed by atoms with van der Waals surface area (Å²) >= 11 is 0. The van der Waals surface area contributed by atoms with Gasteiger partial charge in [0.15, 0.2) is 11.5 Å². The molecule has 0 bridgehead atoms. The molecule has 1 N–H and O–H groups in total. The molecule has 2 aliphatic heterocycles. The molecule has 1 unspecified atom stereocenters. The Hall–Kier alpha value is -2.69. The van der Waals surface area contributed by atoms with Crippen LogP contribution in [0.2, 0.25) is 0 Å². The van der Waals surface area contributed by atoms with Gasteiger partial charge in [-0.1, -0.05) is 18.2 Å². The molecular formula is C19H20N2O3. The van der Waals surface area contributed by atoms with Gasteiger partial charge in [-0.25, -0.2) is 0 Å². The topological polar surface area (TPSA) is 50.8 Å². The number of rotatable bonds is 4. The van der Waals surface area contributed by atoms with Crippen LogP contribution in [0, 0.1) is 0 Å². The normalized spacial score (nSPS) is 17.7. The number of nitrogens with one attached hydrogen (secondary N) is 1. The van der Waals surface area contributed by atoms with Crippen molar-refractivity contribution in [3.63, 3.8) is 0 Å². The van der Waals surface area contributed by atoms with E-state index in [1.807, 2.05) is 12.1 Å². The monoisotopic (exact) mass is 324 g/mol. The molecule has 0 saturated carbocycles. The van der Waals surface area contributed by atoms with Crippen LogP contribution in [-0.2, 0) is 11.2 Å². The third-order valence-corrected chi connectivity index (χ3v) is 4.58. The average molecular weight is 324 g/mol. The molecule has 1 atom stereocenters. The molecule has 24 heavy (non-hydrogen) atoms. The first-order valence-electron chi connectivity index (χ1n) is 8.25. The Bertz CT molecular complexity index is 775. The minimum Gasteiger partial charge on any atom is -0.454 e. The number of fused-ring (bicyclic) bond motifs is 2. The van der Waals surface area contributed by atoms with Crippen LogP contribution >= 0.6 is 0 Å². The maximum absolute atomic E-state index is 12.3. The van der Waals surface area contributed by atoms with Crippen LogP contribution in [0.25, 0.3) is 0 Å². The van der Waals surface area contributed by atoms with E-state index in [1.165, 1.54) is 11.3 Å². The molecule has 0 radical (unpaired) electrons. The predicted molar refractivity (Wildman–Crippen MR) is 92.8 cm³/mol. The summed E-state index contributed by atoms with van der Waals surface area (Å²) in [7, 11) is 0. The highest BCUT2D eigenvalue weighted by Crippen LogP contribution is 2.34. The quantitative estimate of drug-likeness (QED) is 0.938. The van der Waals surface area contributed by atoms with E-state index in [0.717, 1.165) is 17.9 Å². The SMILES string of the molecule is CC1Cc2ccccc2N1CCC(=O)Nc1ccc2c(c1)OCO2. The van der Waals surface area contributed by atoms with Crippen molar-refractivity contribution >= 4 is 17.3 Å². The number of anilines is 2. The molecule has 124 valence electrons. The smallest absolute Gasteiger partial charge is 0.231 e. The van der Waals surface area contributed by atoms with Crippen LogP contribution in [0.3, 0.4) is 0 Å². The first-order valence-corrected chi connectivity index (χ1v) is 8.25. The Morgan fingerprint density at radius 2 is 2.04 bits per heavy atom. The maximum atomic E-state index is 12.3. The summed E-state index contributed by atoms with van der Waals surface area (Å²) in [6.45, 7) is 3.16. The Balaban J connectivity index is 1.37. The Kier molecular flexibility index (Phi) is 3.76. The molecular weight excluding hydrogens is 304 g/mol. The minimum atomic E-state index is 0.00504. The lowest BCUT2D eigenvalue weighted by Gasteiger charge is -2.24. The number of carbonyl (C=O) groups excluding carboxylic acids is 1. The number of amides is 1. The Morgan fingerprint density at radius 1 is 1.21 bits per heavy atom. The van der Waals surface area contributed by atoms with Gasteiger partial charge >= 0.3 is 0 Å². The van der Waals surface area contributed by atoms with Gasteiger partial charge in [-0.3, -0.25) is 4.79 Å². The van der Waals surface area contributed by atoms with Crippen LogP contribution in [0.15, 0.2) is 42.5 Å². The van der Waals surface area contributed by atoms with Gasteiger partial charge in [-0.15, -0.1) is 0 Å². The Morgan fingerprint density at radius 3 is 2.96 bits per heavy atom. The fourth-order valence-corrected chi connectivity index (χ4v) is 3.39. The summed E-state index contributed by atoms with van der Waals surface area (Å²) in [5.74, 6) is 1.40. The standard InChI is InChI=1S/C19H20N2O3/c1-13-10-14-4-2-3-5-16(14)21(13)9-8-19(22)20-15-6-7-17-18(11-15)24-12-23-17/h2-7,11,13H,8-10,12H2,1H3,(H,20,22). The summed E-state index contributed by atoms with van der Waals surface area (Å²) in [6.07, 6.45) is 1.49. The van der Waals surface area contributed by atoms with Gasteiger partial charge in [0.1, 0.15) is 0 Å². The molecule has 0 spiro atoms. The zero-order valence-electron chi connectivity index (χ0n) is 13.6. The molecule has 2 aromatic carbocycles. The zero-order valence-corrected chi connectivity index (χ0v) is 13.6. The van der Waals surface area contributed by atoms with Crippen molar-refractivity contribution in [3.05, 3.63) is 48.0 Å². The van der Waals surface area contributed by atoms with Crippen molar-refractivity contribution in [1.82, 2.24) is 0 Å². The number of hydrogen-bond donors (Lipinski definition) is 1. The number of para-hydroxylation sites is 1. The van der Waals surface area contributed by atoms with Crippen LogP contribution in [0.5, 0.6) is 11.5 Å². The number of benzene rings is 2. The first-order chi connectivity index (χ1) is 11.7. The van der Waals surface area contributed by atoms with Gasteiger partial charge in [0, 0.05) is 36.4 Å². The molecule has 2 heterocycles. The lowest BCUT2D eigenvalue weighted by Crippen LogP contribution is -2.32. The second-order valence-electron chi connectivity index (χ2n) is 6.24. The summed E-state index contributed by atoms with van der Waals surface area (Å²) in [6, 6.07) is 14.3. The lowest BCUT2D eigenvalue weighted by atomic mass is 10.1. The van der Waals surface area contributed by atoms with Crippen molar-refractivity contribution in [1.29, 1.82) is 0 Å². The third kappa shape index (κ3) is 2.77. The van der Waals surface area contributed by atoms with E-state index in [4.69, 9.17) is 9.47 Å². The maximum Gasteiger partial charge on any atom is 0.231 e. The summed E-state index contributed by atoms with van der Waals surface area (Å²) in [4.78, 5) is 14.6. The zero-order chi connectivity index (χ0) is 16.5. The highest BCUT2D eigenvalue weighted by Gasteiger charge is 2.25. The van der Waals surface area contributed by atoms with Crippen molar-refractivity contribution < 1.29 is 14.3 Å². The van der Waals surface area contributed by atoms with Gasteiger partial charge in [0.05, 0.1) is 0 Å². The fraction of sp³-hybridized carbons (Fsp3) is 0.316. The van der Waals surface area contributed by atoms with Gasteiger partial charge in [-0.2, -0.15) is 0 Å². The largest absolute Gasteiger partial charge is 0.454 e. The van der Waals surface area contributed by atoms with Gasteiger partial charge in [0.2, 0.25) is 12.7 Å². The van der Waals surface area contributed by atoms with E-state index in [9.17, 15) is 4.79 Å². The molecule has 5 nitrogen and oxygen atoms in total. The second kappa shape index (κ2) is 6.07. The van der Waals surface area contributed by atoms with Crippen molar-refractivity contribution in [2.24, 2.45) is 0 Å². The van der Waals surface area contributed by atoms with Crippen LogP contribution in [0.4, 0.5) is 11.4 Å². The number of ether oxygens (including phenoxy) is 2. The lowest BCUT2D eigenvalue weighted by molar-refractivity contribution is -0.116. The number of hydrogen-bond acceptors (Lipinski definition) is 4. The van der Waals surface area contributed by atoms with E-state index < -0.39 is 0 Å². The third-order valence-electron chi connectivity index (χ3n) is 4.58. The molecule has 0 aliphatic carbocycles. The summed E-state index contributed by atoms with van der Waals surface area (Å²) < 4.78 is 10.6. The highest BCUT2D eigenvalue weighted by molar-refractivity contribution is 5.91. The fourth-order valence-electron chi connectivity index (χ4n) is 3.39. The molecule has 2 aliphatic rings. The van der Waals surface area contributed by atoms with E-state index >= 15 is 0 Å². The van der Waals surface area contributed by atoms with Crippen molar-refractivity contribution in [2.45, 2.75) is 25.8 Å². The predicted octanol–water partition coefficient (Wildman–Crippen LogP) is 3.20. The average Bonchev–Trinajstić information content (AvgIpc) is 3.16. The number of carbonyl (C=O) groups is 1. The molecule has 0 saturated heterocycles. The first kappa shape index (κ1) is 14.9. The summed E-state index contributed by atoms with van der Waals surface area (Å²) in [5.41, 5.74) is 3.35. The molecule has 4 rings (SSSR count). The molecule has 0 fully saturated rings. The molecule has 2 aromatic rings. The van der Waals surface area contributed by atoms with E-state index in [0.29, 0.717) is 24.8 Å².